The van der Waals surface area contributed by atoms with Crippen LogP contribution in [0.1, 0.15) is 13.8 Å². The third-order valence-electron chi connectivity index (χ3n) is 2.19. The molecule has 14 heavy (non-hydrogen) atoms. The molecular formula is C9H19N3O2. The van der Waals surface area contributed by atoms with Gasteiger partial charge in [-0.1, -0.05) is 0 Å². The average molecular weight is 201 g/mol. The molecule has 1 rings (SSSR count). The van der Waals surface area contributed by atoms with Crippen molar-refractivity contribution in [1.82, 2.24) is 4.90 Å². The van der Waals surface area contributed by atoms with E-state index < -0.39 is 0 Å². The van der Waals surface area contributed by atoms with Crippen molar-refractivity contribution in [2.75, 3.05) is 26.2 Å². The molecule has 0 radical (unpaired) electrons. The van der Waals surface area contributed by atoms with E-state index in [9.17, 15) is 4.79 Å². The maximum Gasteiger partial charge on any atom is 0.231 e. The number of hydrogen-bond donors (Lipinski definition) is 2. The SMILES string of the molecule is CC1(C)CN(CC(N)=O)CC(CN)O1. The summed E-state index contributed by atoms with van der Waals surface area (Å²) in [5.41, 5.74) is 10.4. The Labute approximate surface area is 84.4 Å². The first-order valence-corrected chi connectivity index (χ1v) is 4.81. The molecule has 0 aromatic rings. The normalized spacial score (nSPS) is 27.5. The van der Waals surface area contributed by atoms with Crippen molar-refractivity contribution < 1.29 is 9.53 Å². The minimum atomic E-state index is -0.307. The molecule has 1 aliphatic heterocycles. The Morgan fingerprint density at radius 3 is 2.79 bits per heavy atom. The molecule has 0 aromatic heterocycles. The minimum Gasteiger partial charge on any atom is -0.369 e. The van der Waals surface area contributed by atoms with E-state index in [1.165, 1.54) is 0 Å². The summed E-state index contributed by atoms with van der Waals surface area (Å²) >= 11 is 0. The molecule has 1 saturated heterocycles. The number of amides is 1. The number of nitrogens with two attached hydrogens (primary N) is 2. The van der Waals surface area contributed by atoms with Crippen molar-refractivity contribution in [2.45, 2.75) is 25.6 Å². The average Bonchev–Trinajstić information content (AvgIpc) is 1.99. The predicted octanol–water partition coefficient (Wildman–Crippen LogP) is -1.09. The summed E-state index contributed by atoms with van der Waals surface area (Å²) in [7, 11) is 0. The second-order valence-corrected chi connectivity index (χ2v) is 4.37. The van der Waals surface area contributed by atoms with Gasteiger partial charge >= 0.3 is 0 Å². The summed E-state index contributed by atoms with van der Waals surface area (Å²) in [5.74, 6) is -0.307. The van der Waals surface area contributed by atoms with Gasteiger partial charge in [-0.2, -0.15) is 0 Å². The maximum atomic E-state index is 10.8. The lowest BCUT2D eigenvalue weighted by Crippen LogP contribution is -2.56. The largest absolute Gasteiger partial charge is 0.369 e. The Hall–Kier alpha value is -0.650. The van der Waals surface area contributed by atoms with Crippen molar-refractivity contribution in [3.8, 4) is 0 Å². The lowest BCUT2D eigenvalue weighted by Gasteiger charge is -2.42. The molecule has 1 fully saturated rings. The second kappa shape index (κ2) is 4.25. The molecule has 0 aliphatic carbocycles. The molecule has 1 unspecified atom stereocenters. The zero-order valence-corrected chi connectivity index (χ0v) is 8.82. The van der Waals surface area contributed by atoms with Crippen LogP contribution in [0.4, 0.5) is 0 Å². The second-order valence-electron chi connectivity index (χ2n) is 4.37. The number of morpholine rings is 1. The Balaban J connectivity index is 2.56. The van der Waals surface area contributed by atoms with E-state index in [1.54, 1.807) is 0 Å². The van der Waals surface area contributed by atoms with Gasteiger partial charge in [0.15, 0.2) is 0 Å². The molecule has 82 valence electrons. The topological polar surface area (TPSA) is 81.6 Å². The zero-order valence-electron chi connectivity index (χ0n) is 8.82. The number of carbonyl (C=O) groups excluding carboxylic acids is 1. The van der Waals surface area contributed by atoms with Crippen molar-refractivity contribution >= 4 is 5.91 Å². The highest BCUT2D eigenvalue weighted by atomic mass is 16.5. The van der Waals surface area contributed by atoms with Crippen LogP contribution < -0.4 is 11.5 Å². The lowest BCUT2D eigenvalue weighted by molar-refractivity contribution is -0.139. The first-order chi connectivity index (χ1) is 6.43. The van der Waals surface area contributed by atoms with Gasteiger partial charge < -0.3 is 16.2 Å². The van der Waals surface area contributed by atoms with Crippen LogP contribution in [0.2, 0.25) is 0 Å². The van der Waals surface area contributed by atoms with Gasteiger partial charge in [-0.25, -0.2) is 0 Å². The van der Waals surface area contributed by atoms with Gasteiger partial charge in [0, 0.05) is 19.6 Å². The predicted molar refractivity (Wildman–Crippen MR) is 53.6 cm³/mol. The molecule has 1 heterocycles. The molecule has 5 heteroatoms. The molecular weight excluding hydrogens is 182 g/mol. The monoisotopic (exact) mass is 201 g/mol. The fourth-order valence-corrected chi connectivity index (χ4v) is 1.88. The van der Waals surface area contributed by atoms with Gasteiger partial charge in [-0.3, -0.25) is 9.69 Å². The van der Waals surface area contributed by atoms with Gasteiger partial charge in [0.25, 0.3) is 0 Å². The van der Waals surface area contributed by atoms with Crippen LogP contribution in [-0.4, -0.2) is 48.7 Å². The molecule has 0 saturated carbocycles. The number of rotatable bonds is 3. The summed E-state index contributed by atoms with van der Waals surface area (Å²) in [6.45, 7) is 6.13. The van der Waals surface area contributed by atoms with Crippen LogP contribution >= 0.6 is 0 Å². The Kier molecular flexibility index (Phi) is 3.47. The van der Waals surface area contributed by atoms with E-state index in [2.05, 4.69) is 0 Å². The Morgan fingerprint density at radius 1 is 1.64 bits per heavy atom. The highest BCUT2D eigenvalue weighted by Gasteiger charge is 2.32. The molecule has 5 nitrogen and oxygen atoms in total. The van der Waals surface area contributed by atoms with Crippen LogP contribution in [0.5, 0.6) is 0 Å². The van der Waals surface area contributed by atoms with E-state index in [0.29, 0.717) is 19.6 Å². The van der Waals surface area contributed by atoms with E-state index in [4.69, 9.17) is 16.2 Å². The summed E-state index contributed by atoms with van der Waals surface area (Å²) < 4.78 is 5.72. The standard InChI is InChI=1S/C9H19N3O2/c1-9(2)6-12(5-8(11)13)4-7(3-10)14-9/h7H,3-6,10H2,1-2H3,(H2,11,13). The summed E-state index contributed by atoms with van der Waals surface area (Å²) in [5, 5.41) is 0. The Morgan fingerprint density at radius 2 is 2.29 bits per heavy atom. The first-order valence-electron chi connectivity index (χ1n) is 4.81. The molecule has 1 atom stereocenters. The number of carbonyl (C=O) groups is 1. The van der Waals surface area contributed by atoms with Gasteiger partial charge in [0.2, 0.25) is 5.91 Å². The third-order valence-corrected chi connectivity index (χ3v) is 2.19. The summed E-state index contributed by atoms with van der Waals surface area (Å²) in [6, 6.07) is 0. The molecule has 1 aliphatic rings. The van der Waals surface area contributed by atoms with Gasteiger partial charge in [0.1, 0.15) is 0 Å². The fourth-order valence-electron chi connectivity index (χ4n) is 1.88. The zero-order chi connectivity index (χ0) is 10.8. The van der Waals surface area contributed by atoms with E-state index >= 15 is 0 Å². The van der Waals surface area contributed by atoms with E-state index in [-0.39, 0.29) is 24.2 Å². The molecule has 1 amide bonds. The number of primary amides is 1. The molecule has 0 bridgehead atoms. The molecule has 0 spiro atoms. The maximum absolute atomic E-state index is 10.8. The third kappa shape index (κ3) is 3.25. The molecule has 4 N–H and O–H groups in total. The summed E-state index contributed by atoms with van der Waals surface area (Å²) in [6.07, 6.45) is -0.00176. The fraction of sp³-hybridized carbons (Fsp3) is 0.889. The van der Waals surface area contributed by atoms with Crippen LogP contribution in [-0.2, 0) is 9.53 Å². The number of ether oxygens (including phenoxy) is 1. The smallest absolute Gasteiger partial charge is 0.231 e. The van der Waals surface area contributed by atoms with Crippen LogP contribution in [0.25, 0.3) is 0 Å². The molecule has 0 aromatic carbocycles. The van der Waals surface area contributed by atoms with Gasteiger partial charge in [0.05, 0.1) is 18.2 Å². The minimum absolute atomic E-state index is 0.00176. The van der Waals surface area contributed by atoms with Crippen LogP contribution in [0.3, 0.4) is 0 Å². The summed E-state index contributed by atoms with van der Waals surface area (Å²) in [4.78, 5) is 12.8. The van der Waals surface area contributed by atoms with E-state index in [0.717, 1.165) is 0 Å². The van der Waals surface area contributed by atoms with Crippen molar-refractivity contribution in [3.05, 3.63) is 0 Å². The highest BCUT2D eigenvalue weighted by Crippen LogP contribution is 2.19. The quantitative estimate of drug-likeness (QED) is 0.608. The van der Waals surface area contributed by atoms with Gasteiger partial charge in [-0.15, -0.1) is 0 Å². The number of hydrogen-bond acceptors (Lipinski definition) is 4. The van der Waals surface area contributed by atoms with Crippen LogP contribution in [0, 0.1) is 0 Å². The lowest BCUT2D eigenvalue weighted by atomic mass is 10.1. The van der Waals surface area contributed by atoms with Crippen molar-refractivity contribution in [1.29, 1.82) is 0 Å². The number of nitrogens with zero attached hydrogens (tertiary/aromatic N) is 1. The first kappa shape index (κ1) is 11.4. The van der Waals surface area contributed by atoms with Crippen molar-refractivity contribution in [2.24, 2.45) is 11.5 Å². The van der Waals surface area contributed by atoms with Crippen LogP contribution in [0.15, 0.2) is 0 Å². The van der Waals surface area contributed by atoms with Crippen molar-refractivity contribution in [3.63, 3.8) is 0 Å². The highest BCUT2D eigenvalue weighted by molar-refractivity contribution is 5.75. The van der Waals surface area contributed by atoms with Gasteiger partial charge in [-0.05, 0) is 13.8 Å². The Bertz CT molecular complexity index is 218. The van der Waals surface area contributed by atoms with E-state index in [1.807, 2.05) is 18.7 Å².